The van der Waals surface area contributed by atoms with Crippen LogP contribution in [-0.2, 0) is 6.42 Å². The molecule has 0 aliphatic rings. The number of nitrogens with one attached hydrogen (secondary N) is 1. The molecule has 1 nitrogen and oxygen atoms in total. The lowest BCUT2D eigenvalue weighted by molar-refractivity contribution is 1.14. The van der Waals surface area contributed by atoms with Gasteiger partial charge >= 0.3 is 0 Å². The molecule has 0 aromatic heterocycles. The van der Waals surface area contributed by atoms with Gasteiger partial charge in [0.25, 0.3) is 0 Å². The van der Waals surface area contributed by atoms with E-state index in [1.807, 2.05) is 24.3 Å². The maximum atomic E-state index is 6.13. The molecule has 0 bridgehead atoms. The summed E-state index contributed by atoms with van der Waals surface area (Å²) >= 11 is 18.0. The zero-order valence-electron chi connectivity index (χ0n) is 9.81. The first kappa shape index (κ1) is 13.5. The van der Waals surface area contributed by atoms with Crippen molar-refractivity contribution in [1.82, 2.24) is 0 Å². The van der Waals surface area contributed by atoms with Gasteiger partial charge in [-0.1, -0.05) is 41.7 Å². The molecule has 1 N–H and O–H groups in total. The van der Waals surface area contributed by atoms with Gasteiger partial charge in [-0.15, -0.1) is 0 Å². The van der Waals surface area contributed by atoms with Crippen molar-refractivity contribution in [3.63, 3.8) is 0 Å². The molecular weight excluding hydrogens is 289 g/mol. The summed E-state index contributed by atoms with van der Waals surface area (Å²) in [5, 5.41) is 5.25. The molecule has 0 saturated heterocycles. The van der Waals surface area contributed by atoms with Crippen LogP contribution < -0.4 is 5.32 Å². The van der Waals surface area contributed by atoms with Crippen molar-refractivity contribution in [2.24, 2.45) is 0 Å². The van der Waals surface area contributed by atoms with Gasteiger partial charge in [-0.05, 0) is 48.4 Å². The first-order valence-corrected chi connectivity index (χ1v) is 6.74. The molecule has 0 heterocycles. The Morgan fingerprint density at radius 3 is 2.11 bits per heavy atom. The molecule has 0 spiro atoms. The fourth-order valence-corrected chi connectivity index (χ4v) is 2.36. The van der Waals surface area contributed by atoms with E-state index in [2.05, 4.69) is 12.2 Å². The second kappa shape index (κ2) is 5.83. The maximum absolute atomic E-state index is 6.13. The van der Waals surface area contributed by atoms with Gasteiger partial charge < -0.3 is 5.32 Å². The number of benzene rings is 2. The van der Waals surface area contributed by atoms with Crippen molar-refractivity contribution < 1.29 is 0 Å². The average molecular weight is 301 g/mol. The van der Waals surface area contributed by atoms with Crippen LogP contribution in [0.5, 0.6) is 0 Å². The molecule has 0 unspecified atom stereocenters. The third-order valence-electron chi connectivity index (χ3n) is 2.65. The minimum atomic E-state index is 0.597. The van der Waals surface area contributed by atoms with Crippen molar-refractivity contribution in [3.8, 4) is 0 Å². The van der Waals surface area contributed by atoms with E-state index in [1.54, 1.807) is 12.1 Å². The van der Waals surface area contributed by atoms with Crippen molar-refractivity contribution in [3.05, 3.63) is 57.0 Å². The van der Waals surface area contributed by atoms with Crippen molar-refractivity contribution >= 4 is 46.2 Å². The minimum absolute atomic E-state index is 0.597. The number of aryl methyl sites for hydroxylation is 1. The van der Waals surface area contributed by atoms with Gasteiger partial charge in [0.15, 0.2) is 0 Å². The lowest BCUT2D eigenvalue weighted by Gasteiger charge is -2.12. The predicted octanol–water partition coefficient (Wildman–Crippen LogP) is 5.95. The topological polar surface area (TPSA) is 12.0 Å². The second-order valence-corrected chi connectivity index (χ2v) is 5.18. The van der Waals surface area contributed by atoms with Crippen LogP contribution in [0.2, 0.25) is 15.1 Å². The highest BCUT2D eigenvalue weighted by Gasteiger charge is 2.05. The van der Waals surface area contributed by atoms with Crippen LogP contribution >= 0.6 is 34.8 Å². The lowest BCUT2D eigenvalue weighted by atomic mass is 10.1. The molecule has 2 aromatic carbocycles. The molecule has 18 heavy (non-hydrogen) atoms. The zero-order valence-corrected chi connectivity index (χ0v) is 12.1. The molecule has 0 aliphatic heterocycles. The smallest absolute Gasteiger partial charge is 0.0655 e. The Kier molecular flexibility index (Phi) is 4.39. The minimum Gasteiger partial charge on any atom is -0.354 e. The summed E-state index contributed by atoms with van der Waals surface area (Å²) in [6.45, 7) is 2.08. The van der Waals surface area contributed by atoms with Crippen LogP contribution in [0.15, 0.2) is 36.4 Å². The molecule has 4 heteroatoms. The van der Waals surface area contributed by atoms with Crippen LogP contribution in [0.1, 0.15) is 12.5 Å². The Balaban J connectivity index is 2.33. The third-order valence-corrected chi connectivity index (χ3v) is 3.43. The van der Waals surface area contributed by atoms with Gasteiger partial charge in [-0.25, -0.2) is 0 Å². The monoisotopic (exact) mass is 299 g/mol. The van der Waals surface area contributed by atoms with Gasteiger partial charge in [-0.3, -0.25) is 0 Å². The number of rotatable bonds is 3. The molecule has 0 amide bonds. The second-order valence-electron chi connectivity index (χ2n) is 3.90. The van der Waals surface area contributed by atoms with Gasteiger partial charge in [0.1, 0.15) is 0 Å². The summed E-state index contributed by atoms with van der Waals surface area (Å²) in [5.74, 6) is 0. The fraction of sp³-hybridized carbons (Fsp3) is 0.143. The summed E-state index contributed by atoms with van der Waals surface area (Å²) in [7, 11) is 0. The Bertz CT molecular complexity index is 567. The van der Waals surface area contributed by atoms with E-state index in [9.17, 15) is 0 Å². The van der Waals surface area contributed by atoms with E-state index in [1.165, 1.54) is 0 Å². The number of anilines is 2. The molecule has 0 radical (unpaired) electrons. The summed E-state index contributed by atoms with van der Waals surface area (Å²) in [6, 6.07) is 11.1. The van der Waals surface area contributed by atoms with Crippen molar-refractivity contribution in [2.75, 3.05) is 5.32 Å². The van der Waals surface area contributed by atoms with E-state index in [4.69, 9.17) is 34.8 Å². The van der Waals surface area contributed by atoms with Crippen LogP contribution in [-0.4, -0.2) is 0 Å². The zero-order chi connectivity index (χ0) is 13.1. The van der Waals surface area contributed by atoms with Gasteiger partial charge in [-0.2, -0.15) is 0 Å². The molecule has 0 saturated carbocycles. The Morgan fingerprint density at radius 1 is 0.889 bits per heavy atom. The van der Waals surface area contributed by atoms with E-state index in [-0.39, 0.29) is 0 Å². The molecule has 0 fully saturated rings. The first-order valence-electron chi connectivity index (χ1n) is 5.60. The number of hydrogen-bond acceptors (Lipinski definition) is 1. The molecule has 2 rings (SSSR count). The standard InChI is InChI=1S/C14H12Cl3N/c1-2-9-7-10(15)3-5-13(9)18-14-6-4-11(16)8-12(14)17/h3-8,18H,2H2,1H3. The van der Waals surface area contributed by atoms with Crippen LogP contribution in [0.4, 0.5) is 11.4 Å². The number of halogens is 3. The molecule has 94 valence electrons. The third kappa shape index (κ3) is 3.11. The predicted molar refractivity (Wildman–Crippen MR) is 80.6 cm³/mol. The van der Waals surface area contributed by atoms with Gasteiger partial charge in [0.2, 0.25) is 0 Å². The van der Waals surface area contributed by atoms with Crippen LogP contribution in [0, 0.1) is 0 Å². The highest BCUT2D eigenvalue weighted by atomic mass is 35.5. The quantitative estimate of drug-likeness (QED) is 0.738. The number of hydrogen-bond donors (Lipinski definition) is 1. The van der Waals surface area contributed by atoms with Gasteiger partial charge in [0.05, 0.1) is 10.7 Å². The molecule has 2 aromatic rings. The highest BCUT2D eigenvalue weighted by molar-refractivity contribution is 6.36. The summed E-state index contributed by atoms with van der Waals surface area (Å²) < 4.78 is 0. The van der Waals surface area contributed by atoms with Crippen molar-refractivity contribution in [2.45, 2.75) is 13.3 Å². The molecule has 0 atom stereocenters. The highest BCUT2D eigenvalue weighted by Crippen LogP contribution is 2.30. The van der Waals surface area contributed by atoms with Gasteiger partial charge in [0, 0.05) is 15.7 Å². The Morgan fingerprint density at radius 2 is 1.50 bits per heavy atom. The van der Waals surface area contributed by atoms with E-state index >= 15 is 0 Å². The fourth-order valence-electron chi connectivity index (χ4n) is 1.71. The molecular formula is C14H12Cl3N. The van der Waals surface area contributed by atoms with E-state index in [0.717, 1.165) is 28.4 Å². The van der Waals surface area contributed by atoms with E-state index < -0.39 is 0 Å². The maximum Gasteiger partial charge on any atom is 0.0655 e. The summed E-state index contributed by atoms with van der Waals surface area (Å²) in [5.41, 5.74) is 2.98. The first-order chi connectivity index (χ1) is 8.60. The normalized spacial score (nSPS) is 10.4. The summed E-state index contributed by atoms with van der Waals surface area (Å²) in [4.78, 5) is 0. The van der Waals surface area contributed by atoms with E-state index in [0.29, 0.717) is 10.0 Å². The molecule has 0 aliphatic carbocycles. The largest absolute Gasteiger partial charge is 0.354 e. The van der Waals surface area contributed by atoms with Crippen molar-refractivity contribution in [1.29, 1.82) is 0 Å². The van der Waals surface area contributed by atoms with Crippen LogP contribution in [0.25, 0.3) is 0 Å². The Labute approximate surface area is 122 Å². The Hall–Kier alpha value is -0.890. The average Bonchev–Trinajstić information content (AvgIpc) is 2.34. The SMILES string of the molecule is CCc1cc(Cl)ccc1Nc1ccc(Cl)cc1Cl. The lowest BCUT2D eigenvalue weighted by Crippen LogP contribution is -1.95. The summed E-state index contributed by atoms with van der Waals surface area (Å²) in [6.07, 6.45) is 0.897. The van der Waals surface area contributed by atoms with Crippen LogP contribution in [0.3, 0.4) is 0 Å².